The Balaban J connectivity index is 2.03. The minimum atomic E-state index is -5.37. The molecule has 0 unspecified atom stereocenters. The van der Waals surface area contributed by atoms with Crippen LogP contribution in [0.5, 0.6) is 0 Å². The second kappa shape index (κ2) is 7.74. The summed E-state index contributed by atoms with van der Waals surface area (Å²) in [5.74, 6) is -2.49. The smallest absolute Gasteiger partial charge is 0.339 e. The minimum absolute atomic E-state index is 0.0194. The van der Waals surface area contributed by atoms with E-state index >= 15 is 0 Å². The van der Waals surface area contributed by atoms with Gasteiger partial charge in [0.2, 0.25) is 11.6 Å². The molecule has 1 aliphatic rings. The topological polar surface area (TPSA) is 114 Å². The molecule has 0 radical (unpaired) electrons. The monoisotopic (exact) mass is 458 g/mol. The number of anilines is 1. The molecule has 0 amide bonds. The zero-order valence-corrected chi connectivity index (χ0v) is 16.3. The normalized spacial score (nSPS) is 14.8. The molecule has 3 heterocycles. The van der Waals surface area contributed by atoms with E-state index in [1.807, 2.05) is 4.98 Å². The molecular weight excluding hydrogens is 445 g/mol. The molecule has 0 bridgehead atoms. The predicted molar refractivity (Wildman–Crippen MR) is 104 cm³/mol. The lowest BCUT2D eigenvalue weighted by Gasteiger charge is -2.28. The highest BCUT2D eigenvalue weighted by Crippen LogP contribution is 2.29. The number of carbonyl (C=O) groups is 1. The van der Waals surface area contributed by atoms with Gasteiger partial charge in [0, 0.05) is 26.2 Å². The second-order valence-corrected chi connectivity index (χ2v) is 6.95. The molecule has 2 aromatic heterocycles. The number of nitrogens with one attached hydrogen (secondary N) is 2. The summed E-state index contributed by atoms with van der Waals surface area (Å²) in [5.41, 5.74) is -2.88. The third-order valence-corrected chi connectivity index (χ3v) is 4.87. The van der Waals surface area contributed by atoms with Crippen LogP contribution in [-0.4, -0.2) is 57.6 Å². The van der Waals surface area contributed by atoms with Gasteiger partial charge in [-0.15, -0.1) is 0 Å². The van der Waals surface area contributed by atoms with E-state index in [4.69, 9.17) is 11.6 Å². The molecule has 2 N–H and O–H groups in total. The molecule has 1 saturated heterocycles. The molecule has 0 saturated carbocycles. The van der Waals surface area contributed by atoms with Crippen molar-refractivity contribution in [2.75, 3.05) is 31.1 Å². The van der Waals surface area contributed by atoms with Gasteiger partial charge in [-0.1, -0.05) is 28.5 Å². The van der Waals surface area contributed by atoms with Crippen molar-refractivity contribution in [3.63, 3.8) is 0 Å². The average Bonchev–Trinajstić information content (AvgIpc) is 3.12. The number of halogens is 4. The number of piperazine rings is 1. The minimum Gasteiger partial charge on any atom is -0.339 e. The lowest BCUT2D eigenvalue weighted by molar-refractivity contribution is -0.199. The Morgan fingerprint density at radius 3 is 2.48 bits per heavy atom. The Morgan fingerprint density at radius 2 is 1.84 bits per heavy atom. The first kappa shape index (κ1) is 20.9. The summed E-state index contributed by atoms with van der Waals surface area (Å²) in [4.78, 5) is 48.3. The first-order chi connectivity index (χ1) is 14.7. The Morgan fingerprint density at radius 1 is 1.16 bits per heavy atom. The molecule has 4 rings (SSSR count). The van der Waals surface area contributed by atoms with Gasteiger partial charge >= 0.3 is 17.8 Å². The van der Waals surface area contributed by atoms with Crippen LogP contribution >= 0.6 is 11.6 Å². The first-order valence-electron chi connectivity index (χ1n) is 8.96. The number of alkyl halides is 3. The van der Waals surface area contributed by atoms with Crippen molar-refractivity contribution < 1.29 is 22.8 Å². The highest BCUT2D eigenvalue weighted by Gasteiger charge is 2.43. The molecule has 0 aliphatic carbocycles. The fraction of sp³-hybridized carbons (Fsp3) is 0.294. The summed E-state index contributed by atoms with van der Waals surface area (Å²) >= 11 is 6.30. The summed E-state index contributed by atoms with van der Waals surface area (Å²) < 4.78 is 39.5. The summed E-state index contributed by atoms with van der Waals surface area (Å²) in [5, 5.41) is 3.37. The molecule has 1 fully saturated rings. The van der Waals surface area contributed by atoms with E-state index in [0.717, 1.165) is 0 Å². The van der Waals surface area contributed by atoms with Crippen molar-refractivity contribution in [3.05, 3.63) is 50.1 Å². The number of para-hydroxylation sites is 1. The van der Waals surface area contributed by atoms with Crippen molar-refractivity contribution >= 4 is 34.7 Å². The number of aromatic amines is 1. The highest BCUT2D eigenvalue weighted by atomic mass is 35.5. The highest BCUT2D eigenvalue weighted by molar-refractivity contribution is 6.32. The maximum atomic E-state index is 12.7. The predicted octanol–water partition coefficient (Wildman–Crippen LogP) is 0.456. The lowest BCUT2D eigenvalue weighted by atomic mass is 10.3. The summed E-state index contributed by atoms with van der Waals surface area (Å²) in [7, 11) is 0. The van der Waals surface area contributed by atoms with E-state index in [0.29, 0.717) is 31.9 Å². The van der Waals surface area contributed by atoms with E-state index in [1.165, 1.54) is 4.57 Å². The van der Waals surface area contributed by atoms with Gasteiger partial charge in [-0.05, 0) is 12.1 Å². The van der Waals surface area contributed by atoms with Gasteiger partial charge in [0.15, 0.2) is 5.52 Å². The SMILES string of the molecule is O=C(On1c(=O)[nH]c(=O)c2c1nc(N1CCNCC1)n2-c1ccccc1Cl)C(F)(F)F. The van der Waals surface area contributed by atoms with Gasteiger partial charge < -0.3 is 15.1 Å². The van der Waals surface area contributed by atoms with Crippen LogP contribution in [0.3, 0.4) is 0 Å². The van der Waals surface area contributed by atoms with Gasteiger partial charge in [0.25, 0.3) is 5.56 Å². The molecule has 14 heteroatoms. The molecule has 3 aromatic rings. The quantitative estimate of drug-likeness (QED) is 0.586. The Hall–Kier alpha value is -3.32. The summed E-state index contributed by atoms with van der Waals surface area (Å²) in [6.07, 6.45) is -5.37. The van der Waals surface area contributed by atoms with Crippen LogP contribution < -0.4 is 26.3 Å². The molecule has 0 spiro atoms. The van der Waals surface area contributed by atoms with Gasteiger partial charge in [-0.25, -0.2) is 9.59 Å². The Bertz CT molecular complexity index is 1280. The van der Waals surface area contributed by atoms with Gasteiger partial charge in [0.1, 0.15) is 0 Å². The number of carbonyl (C=O) groups excluding carboxylic acids is 1. The largest absolute Gasteiger partial charge is 0.493 e. The molecule has 1 aromatic carbocycles. The zero-order valence-electron chi connectivity index (χ0n) is 15.6. The van der Waals surface area contributed by atoms with Crippen molar-refractivity contribution in [2.45, 2.75) is 6.18 Å². The van der Waals surface area contributed by atoms with Crippen LogP contribution in [-0.2, 0) is 4.79 Å². The van der Waals surface area contributed by atoms with E-state index in [9.17, 15) is 27.6 Å². The second-order valence-electron chi connectivity index (χ2n) is 6.54. The van der Waals surface area contributed by atoms with Crippen LogP contribution in [0.1, 0.15) is 0 Å². The number of benzene rings is 1. The number of nitrogens with zero attached hydrogens (tertiary/aromatic N) is 4. The lowest BCUT2D eigenvalue weighted by Crippen LogP contribution is -2.44. The Labute approximate surface area is 175 Å². The molecular formula is C17H14ClF3N6O4. The first-order valence-corrected chi connectivity index (χ1v) is 9.34. The number of imidazole rings is 1. The third kappa shape index (κ3) is 3.77. The molecule has 164 valence electrons. The van der Waals surface area contributed by atoms with Crippen molar-refractivity contribution in [1.29, 1.82) is 0 Å². The number of rotatable bonds is 3. The fourth-order valence-electron chi connectivity index (χ4n) is 3.20. The van der Waals surface area contributed by atoms with Crippen LogP contribution in [0.4, 0.5) is 19.1 Å². The number of H-pyrrole nitrogens is 1. The molecule has 0 atom stereocenters. The third-order valence-electron chi connectivity index (χ3n) is 4.55. The number of aromatic nitrogens is 4. The van der Waals surface area contributed by atoms with Gasteiger partial charge in [-0.3, -0.25) is 14.3 Å². The number of hydrogen-bond donors (Lipinski definition) is 2. The van der Waals surface area contributed by atoms with Gasteiger partial charge in [-0.2, -0.15) is 18.2 Å². The molecule has 10 nitrogen and oxygen atoms in total. The summed E-state index contributed by atoms with van der Waals surface area (Å²) in [6, 6.07) is 6.42. The van der Waals surface area contributed by atoms with Crippen molar-refractivity contribution in [1.82, 2.24) is 24.6 Å². The van der Waals surface area contributed by atoms with Crippen LogP contribution in [0.25, 0.3) is 16.9 Å². The van der Waals surface area contributed by atoms with E-state index < -0.39 is 29.0 Å². The van der Waals surface area contributed by atoms with E-state index in [-0.39, 0.29) is 21.2 Å². The maximum Gasteiger partial charge on any atom is 0.493 e. The molecule has 31 heavy (non-hydrogen) atoms. The number of hydrogen-bond acceptors (Lipinski definition) is 7. The summed E-state index contributed by atoms with van der Waals surface area (Å²) in [6.45, 7) is 2.08. The molecule has 1 aliphatic heterocycles. The van der Waals surface area contributed by atoms with E-state index in [1.54, 1.807) is 29.2 Å². The van der Waals surface area contributed by atoms with Crippen molar-refractivity contribution in [3.8, 4) is 5.69 Å². The standard InChI is InChI=1S/C17H14ClF3N6O4/c18-9-3-1-2-4-10(9)26-11-12(23-15(26)25-7-5-22-6-8-25)27(16(30)24-13(11)28)31-14(29)17(19,20)21/h1-4,22H,5-8H2,(H,24,28,30). The fourth-order valence-corrected chi connectivity index (χ4v) is 3.42. The van der Waals surface area contributed by atoms with Crippen LogP contribution in [0.2, 0.25) is 5.02 Å². The van der Waals surface area contributed by atoms with Crippen LogP contribution in [0, 0.1) is 0 Å². The zero-order chi connectivity index (χ0) is 22.3. The van der Waals surface area contributed by atoms with Crippen molar-refractivity contribution in [2.24, 2.45) is 0 Å². The number of fused-ring (bicyclic) bond motifs is 1. The average molecular weight is 459 g/mol. The van der Waals surface area contributed by atoms with Crippen LogP contribution in [0.15, 0.2) is 33.9 Å². The van der Waals surface area contributed by atoms with E-state index in [2.05, 4.69) is 15.1 Å². The van der Waals surface area contributed by atoms with Gasteiger partial charge in [0.05, 0.1) is 10.7 Å². The maximum absolute atomic E-state index is 12.7. The Kier molecular flexibility index (Phi) is 5.23.